The van der Waals surface area contributed by atoms with E-state index in [4.69, 9.17) is 11.6 Å². The summed E-state index contributed by atoms with van der Waals surface area (Å²) in [5, 5.41) is 0.325. The summed E-state index contributed by atoms with van der Waals surface area (Å²) in [6, 6.07) is 0.688. The first-order valence-electron chi connectivity index (χ1n) is 4.85. The molecule has 0 aliphatic carbocycles. The average molecular weight is 190 g/mol. The van der Waals surface area contributed by atoms with Gasteiger partial charge in [-0.25, -0.2) is 0 Å². The third-order valence-electron chi connectivity index (χ3n) is 3.07. The van der Waals surface area contributed by atoms with Crippen molar-refractivity contribution in [2.24, 2.45) is 5.41 Å². The molecule has 0 N–H and O–H groups in total. The molecular weight excluding hydrogens is 170 g/mol. The van der Waals surface area contributed by atoms with Gasteiger partial charge in [-0.1, -0.05) is 20.8 Å². The molecule has 0 bridgehead atoms. The van der Waals surface area contributed by atoms with Gasteiger partial charge in [0.25, 0.3) is 0 Å². The van der Waals surface area contributed by atoms with Crippen LogP contribution in [0.2, 0.25) is 0 Å². The van der Waals surface area contributed by atoms with Gasteiger partial charge >= 0.3 is 0 Å². The van der Waals surface area contributed by atoms with Crippen molar-refractivity contribution in [3.8, 4) is 0 Å². The number of likely N-dealkylation sites (tertiary alicyclic amines) is 1. The maximum Gasteiger partial charge on any atom is 0.0526 e. The third kappa shape index (κ3) is 1.94. The average Bonchev–Trinajstić information content (AvgIpc) is 2.25. The molecule has 1 aliphatic heterocycles. The fourth-order valence-electron chi connectivity index (χ4n) is 1.73. The Kier molecular flexibility index (Phi) is 3.06. The summed E-state index contributed by atoms with van der Waals surface area (Å²) >= 11 is 6.26. The highest BCUT2D eigenvalue weighted by molar-refractivity contribution is 6.21. The molecule has 2 heteroatoms. The Hall–Kier alpha value is 0.250. The first kappa shape index (κ1) is 10.3. The number of nitrogens with zero attached hydrogens (tertiary/aromatic N) is 1. The molecule has 1 aliphatic rings. The molecule has 0 spiro atoms. The highest BCUT2D eigenvalue weighted by atomic mass is 35.5. The zero-order valence-corrected chi connectivity index (χ0v) is 9.36. The molecule has 0 aromatic heterocycles. The summed E-state index contributed by atoms with van der Waals surface area (Å²) in [4.78, 5) is 2.50. The smallest absolute Gasteiger partial charge is 0.0526 e. The topological polar surface area (TPSA) is 3.24 Å². The SMILES string of the molecule is CCC(C)N1CC(Cl)C(C)(C)C1. The van der Waals surface area contributed by atoms with Crippen molar-refractivity contribution >= 4 is 11.6 Å². The van der Waals surface area contributed by atoms with E-state index in [1.54, 1.807) is 0 Å². The van der Waals surface area contributed by atoms with Crippen molar-refractivity contribution < 1.29 is 0 Å². The molecule has 72 valence electrons. The molecule has 0 radical (unpaired) electrons. The molecule has 2 atom stereocenters. The number of hydrogen-bond acceptors (Lipinski definition) is 1. The van der Waals surface area contributed by atoms with Crippen LogP contribution in [0, 0.1) is 5.41 Å². The lowest BCUT2D eigenvalue weighted by Gasteiger charge is -2.24. The van der Waals surface area contributed by atoms with E-state index in [0.717, 1.165) is 13.1 Å². The standard InChI is InChI=1S/C10H20ClN/c1-5-8(2)12-6-9(11)10(3,4)7-12/h8-9H,5-7H2,1-4H3. The number of hydrogen-bond donors (Lipinski definition) is 0. The van der Waals surface area contributed by atoms with Crippen molar-refractivity contribution in [1.82, 2.24) is 4.90 Å². The second-order valence-electron chi connectivity index (χ2n) is 4.64. The van der Waals surface area contributed by atoms with Crippen LogP contribution in [0.3, 0.4) is 0 Å². The Labute approximate surface area is 81.1 Å². The predicted molar refractivity (Wildman–Crippen MR) is 54.7 cm³/mol. The Bertz CT molecular complexity index is 156. The summed E-state index contributed by atoms with van der Waals surface area (Å²) in [5.74, 6) is 0. The Balaban J connectivity index is 2.54. The van der Waals surface area contributed by atoms with E-state index in [9.17, 15) is 0 Å². The van der Waals surface area contributed by atoms with Gasteiger partial charge in [-0.2, -0.15) is 0 Å². The molecule has 0 aromatic rings. The normalized spacial score (nSPS) is 32.2. The van der Waals surface area contributed by atoms with Gasteiger partial charge in [-0.15, -0.1) is 11.6 Å². The van der Waals surface area contributed by atoms with E-state index in [0.29, 0.717) is 16.8 Å². The van der Waals surface area contributed by atoms with Crippen LogP contribution in [0.25, 0.3) is 0 Å². The molecule has 1 heterocycles. The van der Waals surface area contributed by atoms with Crippen molar-refractivity contribution in [2.45, 2.75) is 45.5 Å². The van der Waals surface area contributed by atoms with Crippen LogP contribution in [0.1, 0.15) is 34.1 Å². The predicted octanol–water partition coefficient (Wildman–Crippen LogP) is 2.73. The van der Waals surface area contributed by atoms with Gasteiger partial charge in [-0.05, 0) is 18.8 Å². The highest BCUT2D eigenvalue weighted by Crippen LogP contribution is 2.34. The van der Waals surface area contributed by atoms with E-state index < -0.39 is 0 Å². The van der Waals surface area contributed by atoms with E-state index in [2.05, 4.69) is 32.6 Å². The Morgan fingerprint density at radius 2 is 2.17 bits per heavy atom. The Morgan fingerprint density at radius 3 is 2.50 bits per heavy atom. The largest absolute Gasteiger partial charge is 0.299 e. The monoisotopic (exact) mass is 189 g/mol. The van der Waals surface area contributed by atoms with Gasteiger partial charge in [0.1, 0.15) is 0 Å². The summed E-state index contributed by atoms with van der Waals surface area (Å²) in [5.41, 5.74) is 0.297. The van der Waals surface area contributed by atoms with Gasteiger partial charge in [0.15, 0.2) is 0 Å². The second-order valence-corrected chi connectivity index (χ2v) is 5.17. The van der Waals surface area contributed by atoms with E-state index in [1.807, 2.05) is 0 Å². The zero-order valence-electron chi connectivity index (χ0n) is 8.60. The van der Waals surface area contributed by atoms with Crippen LogP contribution in [0.5, 0.6) is 0 Å². The molecule has 0 amide bonds. The maximum absolute atomic E-state index is 6.26. The van der Waals surface area contributed by atoms with Crippen LogP contribution < -0.4 is 0 Å². The molecule has 12 heavy (non-hydrogen) atoms. The zero-order chi connectivity index (χ0) is 9.35. The lowest BCUT2D eigenvalue weighted by Crippen LogP contribution is -2.31. The van der Waals surface area contributed by atoms with E-state index >= 15 is 0 Å². The van der Waals surface area contributed by atoms with Crippen molar-refractivity contribution in [2.75, 3.05) is 13.1 Å². The second kappa shape index (κ2) is 3.55. The van der Waals surface area contributed by atoms with Gasteiger partial charge < -0.3 is 0 Å². The molecule has 2 unspecified atom stereocenters. The van der Waals surface area contributed by atoms with Gasteiger partial charge in [-0.3, -0.25) is 4.90 Å². The third-order valence-corrected chi connectivity index (χ3v) is 3.80. The number of halogens is 1. The fraction of sp³-hybridized carbons (Fsp3) is 1.00. The summed E-state index contributed by atoms with van der Waals surface area (Å²) in [6.07, 6.45) is 1.22. The molecule has 0 saturated carbocycles. The molecule has 1 nitrogen and oxygen atoms in total. The van der Waals surface area contributed by atoms with Crippen LogP contribution in [0.15, 0.2) is 0 Å². The number of alkyl halides is 1. The summed E-state index contributed by atoms with van der Waals surface area (Å²) in [6.45, 7) is 11.2. The fourth-order valence-corrected chi connectivity index (χ4v) is 1.98. The van der Waals surface area contributed by atoms with Crippen LogP contribution in [-0.4, -0.2) is 29.4 Å². The first-order valence-corrected chi connectivity index (χ1v) is 5.29. The number of rotatable bonds is 2. The lowest BCUT2D eigenvalue weighted by atomic mass is 9.92. The minimum atomic E-state index is 0.297. The molecule has 0 aromatic carbocycles. The molecule has 1 fully saturated rings. The molecular formula is C10H20ClN. The summed E-state index contributed by atoms with van der Waals surface area (Å²) in [7, 11) is 0. The van der Waals surface area contributed by atoms with Gasteiger partial charge in [0, 0.05) is 19.1 Å². The first-order chi connectivity index (χ1) is 5.47. The van der Waals surface area contributed by atoms with E-state index in [-0.39, 0.29) is 0 Å². The summed E-state index contributed by atoms with van der Waals surface area (Å²) < 4.78 is 0. The van der Waals surface area contributed by atoms with Crippen LogP contribution in [-0.2, 0) is 0 Å². The van der Waals surface area contributed by atoms with Crippen molar-refractivity contribution in [3.05, 3.63) is 0 Å². The minimum Gasteiger partial charge on any atom is -0.299 e. The van der Waals surface area contributed by atoms with Gasteiger partial charge in [0.2, 0.25) is 0 Å². The maximum atomic E-state index is 6.26. The molecule has 1 rings (SSSR count). The lowest BCUT2D eigenvalue weighted by molar-refractivity contribution is 0.225. The van der Waals surface area contributed by atoms with Crippen LogP contribution in [0.4, 0.5) is 0 Å². The quantitative estimate of drug-likeness (QED) is 0.604. The van der Waals surface area contributed by atoms with Crippen molar-refractivity contribution in [1.29, 1.82) is 0 Å². The van der Waals surface area contributed by atoms with E-state index in [1.165, 1.54) is 6.42 Å². The van der Waals surface area contributed by atoms with Crippen LogP contribution >= 0.6 is 11.6 Å². The molecule has 1 saturated heterocycles. The highest BCUT2D eigenvalue weighted by Gasteiger charge is 2.39. The minimum absolute atomic E-state index is 0.297. The van der Waals surface area contributed by atoms with Gasteiger partial charge in [0.05, 0.1) is 5.38 Å². The Morgan fingerprint density at radius 1 is 1.58 bits per heavy atom. The van der Waals surface area contributed by atoms with Crippen molar-refractivity contribution in [3.63, 3.8) is 0 Å².